The lowest BCUT2D eigenvalue weighted by Crippen LogP contribution is -2.49. The standard InChI is InChI=1S/C19H21NO3/c1-14(17(21)23-3)20-18(22)19(2,15-10-6-4-7-11-15)16-12-8-5-9-13-16/h4-14H,1-3H3,(H,20,22)/t14-/m1/s1. The zero-order valence-corrected chi connectivity index (χ0v) is 13.6. The van der Waals surface area contributed by atoms with Crippen LogP contribution >= 0.6 is 0 Å². The number of ether oxygens (including phenoxy) is 1. The average molecular weight is 311 g/mol. The zero-order chi connectivity index (χ0) is 16.9. The number of hydrogen-bond acceptors (Lipinski definition) is 3. The molecule has 0 radical (unpaired) electrons. The van der Waals surface area contributed by atoms with Crippen LogP contribution in [0.1, 0.15) is 25.0 Å². The van der Waals surface area contributed by atoms with Crippen LogP contribution in [0.4, 0.5) is 0 Å². The van der Waals surface area contributed by atoms with Crippen molar-refractivity contribution < 1.29 is 14.3 Å². The second kappa shape index (κ2) is 7.09. The van der Waals surface area contributed by atoms with Crippen LogP contribution in [0.25, 0.3) is 0 Å². The molecule has 2 rings (SSSR count). The first-order chi connectivity index (χ1) is 11.0. The van der Waals surface area contributed by atoms with Gasteiger partial charge in [0.05, 0.1) is 12.5 Å². The van der Waals surface area contributed by atoms with Gasteiger partial charge in [0.15, 0.2) is 0 Å². The van der Waals surface area contributed by atoms with E-state index in [0.29, 0.717) is 0 Å². The van der Waals surface area contributed by atoms with E-state index in [-0.39, 0.29) is 5.91 Å². The van der Waals surface area contributed by atoms with Crippen LogP contribution in [-0.2, 0) is 19.7 Å². The van der Waals surface area contributed by atoms with Gasteiger partial charge in [-0.1, -0.05) is 60.7 Å². The molecular formula is C19H21NO3. The lowest BCUT2D eigenvalue weighted by atomic mass is 9.75. The van der Waals surface area contributed by atoms with Gasteiger partial charge in [0.2, 0.25) is 5.91 Å². The molecule has 0 heterocycles. The fourth-order valence-electron chi connectivity index (χ4n) is 2.55. The van der Waals surface area contributed by atoms with Gasteiger partial charge in [-0.3, -0.25) is 4.79 Å². The molecule has 23 heavy (non-hydrogen) atoms. The molecule has 1 N–H and O–H groups in total. The molecule has 0 aliphatic carbocycles. The van der Waals surface area contributed by atoms with Gasteiger partial charge in [-0.15, -0.1) is 0 Å². The highest BCUT2D eigenvalue weighted by molar-refractivity contribution is 5.94. The molecule has 0 saturated heterocycles. The van der Waals surface area contributed by atoms with Crippen molar-refractivity contribution in [2.45, 2.75) is 25.3 Å². The number of hydrogen-bond donors (Lipinski definition) is 1. The quantitative estimate of drug-likeness (QED) is 0.864. The maximum atomic E-state index is 13.0. The molecule has 0 aliphatic heterocycles. The summed E-state index contributed by atoms with van der Waals surface area (Å²) >= 11 is 0. The van der Waals surface area contributed by atoms with E-state index < -0.39 is 17.4 Å². The molecule has 2 aromatic carbocycles. The number of carbonyl (C=O) groups is 2. The Bertz CT molecular complexity index is 628. The van der Waals surface area contributed by atoms with Crippen molar-refractivity contribution >= 4 is 11.9 Å². The molecule has 0 aromatic heterocycles. The van der Waals surface area contributed by atoms with E-state index in [4.69, 9.17) is 0 Å². The fourth-order valence-corrected chi connectivity index (χ4v) is 2.55. The number of rotatable bonds is 5. The van der Waals surface area contributed by atoms with Crippen LogP contribution in [-0.4, -0.2) is 25.0 Å². The molecule has 1 atom stereocenters. The number of esters is 1. The third-order valence-electron chi connectivity index (χ3n) is 4.06. The molecule has 4 nitrogen and oxygen atoms in total. The molecule has 1 amide bonds. The molecule has 0 aliphatic rings. The third kappa shape index (κ3) is 3.42. The van der Waals surface area contributed by atoms with Gasteiger partial charge in [-0.05, 0) is 25.0 Å². The van der Waals surface area contributed by atoms with Gasteiger partial charge in [0, 0.05) is 0 Å². The molecule has 2 aromatic rings. The minimum Gasteiger partial charge on any atom is -0.467 e. The van der Waals surface area contributed by atoms with Crippen LogP contribution in [0.2, 0.25) is 0 Å². The fraction of sp³-hybridized carbons (Fsp3) is 0.263. The van der Waals surface area contributed by atoms with Crippen LogP contribution in [0.15, 0.2) is 60.7 Å². The van der Waals surface area contributed by atoms with Crippen molar-refractivity contribution in [1.29, 1.82) is 0 Å². The first kappa shape index (κ1) is 16.7. The van der Waals surface area contributed by atoms with E-state index in [1.54, 1.807) is 6.92 Å². The number of methoxy groups -OCH3 is 1. The Morgan fingerprint density at radius 3 is 1.78 bits per heavy atom. The Kier molecular flexibility index (Phi) is 5.16. The third-order valence-corrected chi connectivity index (χ3v) is 4.06. The largest absolute Gasteiger partial charge is 0.467 e. The number of nitrogens with one attached hydrogen (secondary N) is 1. The van der Waals surface area contributed by atoms with E-state index in [0.717, 1.165) is 11.1 Å². The summed E-state index contributed by atoms with van der Waals surface area (Å²) in [6, 6.07) is 18.3. The van der Waals surface area contributed by atoms with E-state index in [1.807, 2.05) is 67.6 Å². The maximum Gasteiger partial charge on any atom is 0.328 e. The summed E-state index contributed by atoms with van der Waals surface area (Å²) in [4.78, 5) is 24.6. The average Bonchev–Trinajstić information content (AvgIpc) is 2.61. The monoisotopic (exact) mass is 311 g/mol. The van der Waals surface area contributed by atoms with Gasteiger partial charge in [-0.25, -0.2) is 4.79 Å². The van der Waals surface area contributed by atoms with Crippen molar-refractivity contribution in [2.24, 2.45) is 0 Å². The molecular weight excluding hydrogens is 290 g/mol. The zero-order valence-electron chi connectivity index (χ0n) is 13.6. The lowest BCUT2D eigenvalue weighted by molar-refractivity contribution is -0.145. The summed E-state index contributed by atoms with van der Waals surface area (Å²) in [5.74, 6) is -0.713. The summed E-state index contributed by atoms with van der Waals surface area (Å²) in [5.41, 5.74) is 0.826. The minimum absolute atomic E-state index is 0.243. The number of amides is 1. The van der Waals surface area contributed by atoms with Crippen molar-refractivity contribution in [1.82, 2.24) is 5.32 Å². The topological polar surface area (TPSA) is 55.4 Å². The number of carbonyl (C=O) groups excluding carboxylic acids is 2. The lowest BCUT2D eigenvalue weighted by Gasteiger charge is -2.30. The van der Waals surface area contributed by atoms with E-state index >= 15 is 0 Å². The summed E-state index contributed by atoms with van der Waals surface area (Å²) < 4.78 is 4.68. The summed E-state index contributed by atoms with van der Waals surface area (Å²) in [6.45, 7) is 3.47. The molecule has 4 heteroatoms. The molecule has 0 bridgehead atoms. The van der Waals surface area contributed by atoms with Gasteiger partial charge >= 0.3 is 5.97 Å². The summed E-state index contributed by atoms with van der Waals surface area (Å²) in [7, 11) is 1.30. The normalized spacial score (nSPS) is 12.3. The summed E-state index contributed by atoms with van der Waals surface area (Å²) in [6.07, 6.45) is 0. The van der Waals surface area contributed by atoms with Crippen LogP contribution in [0.5, 0.6) is 0 Å². The smallest absolute Gasteiger partial charge is 0.328 e. The number of benzene rings is 2. The Morgan fingerprint density at radius 1 is 0.957 bits per heavy atom. The first-order valence-electron chi connectivity index (χ1n) is 7.50. The van der Waals surface area contributed by atoms with Crippen molar-refractivity contribution in [3.8, 4) is 0 Å². The highest BCUT2D eigenvalue weighted by atomic mass is 16.5. The first-order valence-corrected chi connectivity index (χ1v) is 7.50. The van der Waals surface area contributed by atoms with E-state index in [2.05, 4.69) is 10.1 Å². The maximum absolute atomic E-state index is 13.0. The van der Waals surface area contributed by atoms with E-state index in [1.165, 1.54) is 7.11 Å². The second-order valence-corrected chi connectivity index (χ2v) is 5.58. The van der Waals surface area contributed by atoms with Crippen molar-refractivity contribution in [3.63, 3.8) is 0 Å². The van der Waals surface area contributed by atoms with Gasteiger partial charge in [-0.2, -0.15) is 0 Å². The molecule has 120 valence electrons. The molecule has 0 fully saturated rings. The van der Waals surface area contributed by atoms with Gasteiger partial charge in [0.1, 0.15) is 6.04 Å². The Labute approximate surface area is 136 Å². The minimum atomic E-state index is -0.898. The van der Waals surface area contributed by atoms with Crippen LogP contribution in [0, 0.1) is 0 Å². The highest BCUT2D eigenvalue weighted by Crippen LogP contribution is 2.32. The SMILES string of the molecule is COC(=O)[C@@H](C)NC(=O)C(C)(c1ccccc1)c1ccccc1. The predicted molar refractivity (Wildman–Crippen MR) is 89.0 cm³/mol. The molecule has 0 saturated carbocycles. The Balaban J connectivity index is 2.43. The van der Waals surface area contributed by atoms with Crippen LogP contribution in [0.3, 0.4) is 0 Å². The molecule has 0 unspecified atom stereocenters. The summed E-state index contributed by atoms with van der Waals surface area (Å²) in [5, 5.41) is 2.75. The Morgan fingerprint density at radius 2 is 1.39 bits per heavy atom. The second-order valence-electron chi connectivity index (χ2n) is 5.58. The van der Waals surface area contributed by atoms with Crippen LogP contribution < -0.4 is 5.32 Å². The highest BCUT2D eigenvalue weighted by Gasteiger charge is 2.38. The predicted octanol–water partition coefficient (Wildman–Crippen LogP) is 2.67. The molecule has 0 spiro atoms. The Hall–Kier alpha value is -2.62. The van der Waals surface area contributed by atoms with Crippen molar-refractivity contribution in [3.05, 3.63) is 71.8 Å². The van der Waals surface area contributed by atoms with Crippen molar-refractivity contribution in [2.75, 3.05) is 7.11 Å². The van der Waals surface area contributed by atoms with Gasteiger partial charge in [0.25, 0.3) is 0 Å². The van der Waals surface area contributed by atoms with E-state index in [9.17, 15) is 9.59 Å². The van der Waals surface area contributed by atoms with Gasteiger partial charge < -0.3 is 10.1 Å².